The van der Waals surface area contributed by atoms with Crippen molar-refractivity contribution >= 4 is 20.0 Å². The fourth-order valence-electron chi connectivity index (χ4n) is 1.36. The van der Waals surface area contributed by atoms with Gasteiger partial charge in [-0.2, -0.15) is 4.84 Å². The lowest BCUT2D eigenvalue weighted by Crippen LogP contribution is -2.31. The molecule has 0 saturated carbocycles. The van der Waals surface area contributed by atoms with E-state index in [4.69, 9.17) is 10.2 Å². The predicted octanol–water partition coefficient (Wildman–Crippen LogP) is 1.36. The molecule has 0 amide bonds. The topological polar surface area (TPSA) is 136 Å². The number of primary sulfonamides is 1. The maximum atomic E-state index is 11.6. The molecule has 0 bridgehead atoms. The van der Waals surface area contributed by atoms with E-state index < -0.39 is 26.4 Å². The zero-order valence-corrected chi connectivity index (χ0v) is 15.4. The van der Waals surface area contributed by atoms with Gasteiger partial charge in [0.1, 0.15) is 0 Å². The molecule has 0 heterocycles. The number of nitrogens with one attached hydrogen (secondary N) is 1. The number of alkyl halides is 3. The number of halogens is 3. The van der Waals surface area contributed by atoms with Gasteiger partial charge in [0, 0.05) is 7.11 Å². The summed E-state index contributed by atoms with van der Waals surface area (Å²) in [6, 6.07) is 14.5. The zero-order valence-electron chi connectivity index (χ0n) is 13.8. The van der Waals surface area contributed by atoms with Crippen LogP contribution in [-0.4, -0.2) is 35.4 Å². The average molecular weight is 430 g/mol. The highest BCUT2D eigenvalue weighted by Crippen LogP contribution is 2.16. The van der Waals surface area contributed by atoms with Gasteiger partial charge in [-0.25, -0.2) is 22.0 Å². The molecule has 8 nitrogen and oxygen atoms in total. The van der Waals surface area contributed by atoms with E-state index in [0.717, 1.165) is 24.1 Å². The molecule has 152 valence electrons. The van der Waals surface area contributed by atoms with E-state index in [2.05, 4.69) is 4.84 Å². The average Bonchev–Trinajstić information content (AvgIpc) is 2.63. The van der Waals surface area contributed by atoms with Crippen LogP contribution in [0.4, 0.5) is 13.2 Å². The molecule has 0 fully saturated rings. The quantitative estimate of drug-likeness (QED) is 0.627. The van der Waals surface area contributed by atoms with E-state index in [1.165, 1.54) is 30.3 Å². The Morgan fingerprint density at radius 2 is 1.22 bits per heavy atom. The Kier molecular flexibility index (Phi) is 10.1. The van der Waals surface area contributed by atoms with Gasteiger partial charge in [0.2, 0.25) is 10.0 Å². The summed E-state index contributed by atoms with van der Waals surface area (Å²) in [5.41, 5.74) is 0. The minimum absolute atomic E-state index is 0.148. The van der Waals surface area contributed by atoms with Crippen molar-refractivity contribution in [3.63, 3.8) is 0 Å². The number of benzene rings is 2. The predicted molar refractivity (Wildman–Crippen MR) is 89.9 cm³/mol. The second-order valence-electron chi connectivity index (χ2n) is 4.31. The Morgan fingerprint density at radius 1 is 0.852 bits per heavy atom. The van der Waals surface area contributed by atoms with E-state index >= 15 is 0 Å². The highest BCUT2D eigenvalue weighted by molar-refractivity contribution is 7.89. The standard InChI is InChI=1S/C7H6F3NO3S.C6H7NO2S.CH4O/c8-7(9,10)14-11-15(12,13)6-4-2-1-3-5-6;7-10(8,9)6-4-2-1-3-5-6;1-2/h1-5,11H;1-5H,(H2,7,8,9);2H,1H3. The summed E-state index contributed by atoms with van der Waals surface area (Å²) in [6.45, 7) is 0. The van der Waals surface area contributed by atoms with Crippen molar-refractivity contribution in [1.82, 2.24) is 4.89 Å². The first-order valence-corrected chi connectivity index (χ1v) is 9.79. The van der Waals surface area contributed by atoms with Gasteiger partial charge in [-0.15, -0.1) is 13.2 Å². The number of sulfonamides is 2. The molecule has 0 unspecified atom stereocenters. The van der Waals surface area contributed by atoms with Crippen LogP contribution < -0.4 is 10.0 Å². The van der Waals surface area contributed by atoms with Crippen molar-refractivity contribution in [1.29, 1.82) is 0 Å². The minimum atomic E-state index is -5.05. The molecule has 0 atom stereocenters. The minimum Gasteiger partial charge on any atom is -0.400 e. The largest absolute Gasteiger partial charge is 0.539 e. The lowest BCUT2D eigenvalue weighted by Gasteiger charge is -2.08. The molecular formula is C14H17F3N2O6S2. The van der Waals surface area contributed by atoms with Gasteiger partial charge in [0.25, 0.3) is 10.0 Å². The SMILES string of the molecule is CO.NS(=O)(=O)c1ccccc1.O=S(=O)(NOC(F)(F)F)c1ccccc1. The molecule has 0 aliphatic heterocycles. The maximum absolute atomic E-state index is 11.6. The van der Waals surface area contributed by atoms with Gasteiger partial charge in [-0.1, -0.05) is 41.3 Å². The van der Waals surface area contributed by atoms with E-state index in [9.17, 15) is 30.0 Å². The number of aliphatic hydroxyl groups is 1. The van der Waals surface area contributed by atoms with E-state index in [-0.39, 0.29) is 9.79 Å². The number of rotatable bonds is 4. The molecule has 0 aliphatic carbocycles. The van der Waals surface area contributed by atoms with Crippen molar-refractivity contribution in [3.05, 3.63) is 60.7 Å². The van der Waals surface area contributed by atoms with E-state index in [1.54, 1.807) is 18.2 Å². The Bertz CT molecular complexity index is 874. The van der Waals surface area contributed by atoms with Crippen LogP contribution in [-0.2, 0) is 24.9 Å². The summed E-state index contributed by atoms with van der Waals surface area (Å²) in [5.74, 6) is 0. The molecule has 0 aliphatic rings. The molecule has 2 aromatic carbocycles. The van der Waals surface area contributed by atoms with Gasteiger partial charge in [-0.3, -0.25) is 0 Å². The number of aliphatic hydroxyl groups excluding tert-OH is 1. The van der Waals surface area contributed by atoms with Crippen LogP contribution in [0.1, 0.15) is 0 Å². The monoisotopic (exact) mass is 430 g/mol. The van der Waals surface area contributed by atoms with Gasteiger partial charge in [0.05, 0.1) is 9.79 Å². The lowest BCUT2D eigenvalue weighted by molar-refractivity contribution is -0.338. The third-order valence-corrected chi connectivity index (χ3v) is 4.52. The number of hydrogen-bond donors (Lipinski definition) is 3. The Hall–Kier alpha value is -2.03. The van der Waals surface area contributed by atoms with Gasteiger partial charge in [-0.05, 0) is 24.3 Å². The summed E-state index contributed by atoms with van der Waals surface area (Å²) in [6.07, 6.45) is -5.05. The third kappa shape index (κ3) is 10.6. The Morgan fingerprint density at radius 3 is 1.52 bits per heavy atom. The molecule has 0 aromatic heterocycles. The van der Waals surface area contributed by atoms with Crippen LogP contribution >= 0.6 is 0 Å². The molecule has 27 heavy (non-hydrogen) atoms. The van der Waals surface area contributed by atoms with Crippen LogP contribution in [0.15, 0.2) is 70.5 Å². The van der Waals surface area contributed by atoms with E-state index in [1.807, 2.05) is 0 Å². The number of hydrogen-bond acceptors (Lipinski definition) is 6. The van der Waals surface area contributed by atoms with Crippen molar-refractivity contribution in [2.24, 2.45) is 5.14 Å². The van der Waals surface area contributed by atoms with Crippen molar-refractivity contribution in [2.75, 3.05) is 7.11 Å². The second-order valence-corrected chi connectivity index (χ2v) is 7.51. The lowest BCUT2D eigenvalue weighted by atomic mass is 10.4. The fraction of sp³-hybridized carbons (Fsp3) is 0.143. The Balaban J connectivity index is 0.000000488. The summed E-state index contributed by atoms with van der Waals surface area (Å²) in [4.78, 5) is 3.81. The van der Waals surface area contributed by atoms with E-state index in [0.29, 0.717) is 0 Å². The first-order chi connectivity index (χ1) is 12.4. The maximum Gasteiger partial charge on any atom is 0.539 e. The first kappa shape index (κ1) is 25.0. The smallest absolute Gasteiger partial charge is 0.400 e. The molecule has 2 rings (SSSR count). The summed E-state index contributed by atoms with van der Waals surface area (Å²) in [5, 5.41) is 11.8. The molecule has 0 saturated heterocycles. The second kappa shape index (κ2) is 11.0. The van der Waals surface area contributed by atoms with Crippen molar-refractivity contribution in [3.8, 4) is 0 Å². The molecule has 13 heteroatoms. The first-order valence-electron chi connectivity index (χ1n) is 6.76. The highest BCUT2D eigenvalue weighted by atomic mass is 32.2. The van der Waals surface area contributed by atoms with Crippen LogP contribution in [0, 0.1) is 0 Å². The Labute approximate surface area is 154 Å². The van der Waals surface area contributed by atoms with Gasteiger partial charge >= 0.3 is 6.36 Å². The van der Waals surface area contributed by atoms with Gasteiger partial charge in [0.15, 0.2) is 0 Å². The van der Waals surface area contributed by atoms with Crippen LogP contribution in [0.5, 0.6) is 0 Å². The normalized spacial score (nSPS) is 11.5. The highest BCUT2D eigenvalue weighted by Gasteiger charge is 2.32. The third-order valence-electron chi connectivity index (χ3n) is 2.39. The molecule has 0 radical (unpaired) electrons. The zero-order chi connectivity index (χ0) is 21.1. The van der Waals surface area contributed by atoms with Crippen molar-refractivity contribution < 1.29 is 40.0 Å². The fourth-order valence-corrected chi connectivity index (χ4v) is 2.71. The van der Waals surface area contributed by atoms with Gasteiger partial charge < -0.3 is 5.11 Å². The summed E-state index contributed by atoms with van der Waals surface area (Å²) < 4.78 is 78.2. The van der Waals surface area contributed by atoms with Crippen LogP contribution in [0.3, 0.4) is 0 Å². The van der Waals surface area contributed by atoms with Crippen LogP contribution in [0.25, 0.3) is 0 Å². The summed E-state index contributed by atoms with van der Waals surface area (Å²) >= 11 is 0. The summed E-state index contributed by atoms with van der Waals surface area (Å²) in [7, 11) is -6.79. The molecule has 4 N–H and O–H groups in total. The number of nitrogens with two attached hydrogens (primary N) is 1. The molecular weight excluding hydrogens is 413 g/mol. The molecule has 0 spiro atoms. The molecule has 2 aromatic rings. The van der Waals surface area contributed by atoms with Crippen LogP contribution in [0.2, 0.25) is 0 Å². The van der Waals surface area contributed by atoms with Crippen molar-refractivity contribution in [2.45, 2.75) is 16.2 Å².